The van der Waals surface area contributed by atoms with Crippen molar-refractivity contribution in [1.82, 2.24) is 9.71 Å². The Morgan fingerprint density at radius 3 is 2.52 bits per heavy atom. The van der Waals surface area contributed by atoms with Crippen LogP contribution in [-0.2, 0) is 14.8 Å². The Balaban J connectivity index is 2.15. The minimum Gasteiger partial charge on any atom is -0.359 e. The third-order valence-corrected chi connectivity index (χ3v) is 5.24. The molecule has 0 bridgehead atoms. The van der Waals surface area contributed by atoms with Crippen molar-refractivity contribution in [1.29, 1.82) is 0 Å². The topological polar surface area (TPSA) is 91.1 Å². The van der Waals surface area contributed by atoms with Crippen LogP contribution in [0.1, 0.15) is 22.5 Å². The standard InChI is InChI=1S/C16H17N3O3S/c1-9-6-10(2)18-15(9)8-13-12-7-11(23(21,22)17-3)4-5-14(12)19-16(13)20/h4-8,17-18H,1-3H3,(H,19,20). The molecule has 0 atom stereocenters. The first-order valence-corrected chi connectivity index (χ1v) is 8.57. The molecule has 1 aliphatic heterocycles. The van der Waals surface area contributed by atoms with E-state index in [-0.39, 0.29) is 10.8 Å². The molecule has 0 saturated carbocycles. The van der Waals surface area contributed by atoms with E-state index >= 15 is 0 Å². The second-order valence-corrected chi connectivity index (χ2v) is 7.36. The summed E-state index contributed by atoms with van der Waals surface area (Å²) < 4.78 is 26.2. The van der Waals surface area contributed by atoms with Gasteiger partial charge in [-0.2, -0.15) is 0 Å². The predicted molar refractivity (Wildman–Crippen MR) is 89.5 cm³/mol. The van der Waals surface area contributed by atoms with Crippen LogP contribution in [0.3, 0.4) is 0 Å². The molecule has 0 radical (unpaired) electrons. The zero-order chi connectivity index (χ0) is 16.8. The zero-order valence-corrected chi connectivity index (χ0v) is 13.8. The summed E-state index contributed by atoms with van der Waals surface area (Å²) in [5.41, 5.74) is 4.49. The normalized spacial score (nSPS) is 15.8. The monoisotopic (exact) mass is 331 g/mol. The number of anilines is 1. The van der Waals surface area contributed by atoms with E-state index in [9.17, 15) is 13.2 Å². The molecule has 1 aliphatic rings. The van der Waals surface area contributed by atoms with E-state index in [1.54, 1.807) is 12.1 Å². The van der Waals surface area contributed by atoms with Crippen molar-refractivity contribution in [3.63, 3.8) is 0 Å². The summed E-state index contributed by atoms with van der Waals surface area (Å²) in [4.78, 5) is 15.5. The number of nitrogens with one attached hydrogen (secondary N) is 3. The van der Waals surface area contributed by atoms with Crippen molar-refractivity contribution in [2.45, 2.75) is 18.7 Å². The molecule has 2 aromatic rings. The van der Waals surface area contributed by atoms with Crippen LogP contribution < -0.4 is 10.0 Å². The fourth-order valence-electron chi connectivity index (χ4n) is 2.64. The van der Waals surface area contributed by atoms with E-state index < -0.39 is 10.0 Å². The molecule has 0 aliphatic carbocycles. The fraction of sp³-hybridized carbons (Fsp3) is 0.188. The van der Waals surface area contributed by atoms with Crippen molar-refractivity contribution in [3.8, 4) is 0 Å². The largest absolute Gasteiger partial charge is 0.359 e. The lowest BCUT2D eigenvalue weighted by atomic mass is 10.1. The number of aryl methyl sites for hydroxylation is 2. The quantitative estimate of drug-likeness (QED) is 0.752. The van der Waals surface area contributed by atoms with E-state index in [2.05, 4.69) is 15.0 Å². The summed E-state index contributed by atoms with van der Waals surface area (Å²) in [6.07, 6.45) is 1.75. The van der Waals surface area contributed by atoms with Crippen molar-refractivity contribution in [3.05, 3.63) is 46.8 Å². The highest BCUT2D eigenvalue weighted by Crippen LogP contribution is 2.35. The average Bonchev–Trinajstić information content (AvgIpc) is 2.98. The Bertz CT molecular complexity index is 939. The Morgan fingerprint density at radius 1 is 1.17 bits per heavy atom. The number of rotatable bonds is 3. The van der Waals surface area contributed by atoms with Gasteiger partial charge in [0.15, 0.2) is 0 Å². The third kappa shape index (κ3) is 2.69. The highest BCUT2D eigenvalue weighted by Gasteiger charge is 2.26. The van der Waals surface area contributed by atoms with E-state index in [0.717, 1.165) is 17.0 Å². The molecule has 23 heavy (non-hydrogen) atoms. The Morgan fingerprint density at radius 2 is 1.91 bits per heavy atom. The first-order valence-electron chi connectivity index (χ1n) is 7.09. The van der Waals surface area contributed by atoms with Crippen LogP contribution in [0.4, 0.5) is 5.69 Å². The Labute approximate surface area is 134 Å². The van der Waals surface area contributed by atoms with E-state index in [1.807, 2.05) is 19.9 Å². The first kappa shape index (κ1) is 15.5. The zero-order valence-electron chi connectivity index (χ0n) is 13.0. The summed E-state index contributed by atoms with van der Waals surface area (Å²) in [6, 6.07) is 6.57. The molecular formula is C16H17N3O3S. The van der Waals surface area contributed by atoms with Gasteiger partial charge >= 0.3 is 0 Å². The number of benzene rings is 1. The molecule has 0 fully saturated rings. The summed E-state index contributed by atoms with van der Waals surface area (Å²) in [7, 11) is -2.21. The number of carbonyl (C=O) groups is 1. The maximum Gasteiger partial charge on any atom is 0.256 e. The number of carbonyl (C=O) groups excluding carboxylic acids is 1. The van der Waals surface area contributed by atoms with Crippen LogP contribution >= 0.6 is 0 Å². The van der Waals surface area contributed by atoms with E-state index in [0.29, 0.717) is 16.8 Å². The minimum atomic E-state index is -3.56. The second kappa shape index (κ2) is 5.36. The van der Waals surface area contributed by atoms with Gasteiger partial charge in [-0.25, -0.2) is 13.1 Å². The summed E-state index contributed by atoms with van der Waals surface area (Å²) >= 11 is 0. The molecule has 3 N–H and O–H groups in total. The highest BCUT2D eigenvalue weighted by molar-refractivity contribution is 7.89. The SMILES string of the molecule is CNS(=O)(=O)c1ccc2c(c1)C(=Cc1[nH]c(C)cc1C)C(=O)N2. The van der Waals surface area contributed by atoms with Gasteiger partial charge < -0.3 is 10.3 Å². The van der Waals surface area contributed by atoms with Gasteiger partial charge in [0, 0.05) is 22.6 Å². The van der Waals surface area contributed by atoms with Crippen LogP contribution in [0, 0.1) is 13.8 Å². The molecule has 0 saturated heterocycles. The molecule has 7 heteroatoms. The lowest BCUT2D eigenvalue weighted by Crippen LogP contribution is -2.18. The molecule has 1 aromatic heterocycles. The third-order valence-electron chi connectivity index (χ3n) is 3.83. The summed E-state index contributed by atoms with van der Waals surface area (Å²) in [5.74, 6) is -0.245. The molecule has 6 nitrogen and oxygen atoms in total. The van der Waals surface area contributed by atoms with Crippen LogP contribution in [0.2, 0.25) is 0 Å². The lowest BCUT2D eigenvalue weighted by molar-refractivity contribution is -0.110. The second-order valence-electron chi connectivity index (χ2n) is 5.48. The van der Waals surface area contributed by atoms with Crippen molar-refractivity contribution < 1.29 is 13.2 Å². The van der Waals surface area contributed by atoms with E-state index in [1.165, 1.54) is 19.2 Å². The number of fused-ring (bicyclic) bond motifs is 1. The van der Waals surface area contributed by atoms with Gasteiger partial charge in [0.2, 0.25) is 10.0 Å². The molecule has 1 amide bonds. The van der Waals surface area contributed by atoms with Gasteiger partial charge in [-0.3, -0.25) is 4.79 Å². The lowest BCUT2D eigenvalue weighted by Gasteiger charge is -2.05. The number of H-pyrrole nitrogens is 1. The van der Waals surface area contributed by atoms with Gasteiger partial charge in [0.1, 0.15) is 0 Å². The summed E-state index contributed by atoms with van der Waals surface area (Å²) in [6.45, 7) is 3.89. The number of hydrogen-bond donors (Lipinski definition) is 3. The smallest absolute Gasteiger partial charge is 0.256 e. The van der Waals surface area contributed by atoms with Crippen LogP contribution in [-0.4, -0.2) is 26.4 Å². The maximum absolute atomic E-state index is 12.2. The Hall–Kier alpha value is -2.38. The van der Waals surface area contributed by atoms with E-state index in [4.69, 9.17) is 0 Å². The molecule has 1 aromatic carbocycles. The fourth-order valence-corrected chi connectivity index (χ4v) is 3.40. The number of sulfonamides is 1. The van der Waals surface area contributed by atoms with Crippen LogP contribution in [0.15, 0.2) is 29.2 Å². The highest BCUT2D eigenvalue weighted by atomic mass is 32.2. The van der Waals surface area contributed by atoms with Crippen molar-refractivity contribution >= 4 is 33.3 Å². The molecule has 0 spiro atoms. The first-order chi connectivity index (χ1) is 10.8. The van der Waals surface area contributed by atoms with Gasteiger partial charge in [-0.1, -0.05) is 0 Å². The van der Waals surface area contributed by atoms with Gasteiger partial charge in [-0.15, -0.1) is 0 Å². The Kier molecular flexibility index (Phi) is 3.62. The van der Waals surface area contributed by atoms with Gasteiger partial charge in [0.25, 0.3) is 5.91 Å². The number of aromatic nitrogens is 1. The number of aromatic amines is 1. The summed E-state index contributed by atoms with van der Waals surface area (Å²) in [5, 5.41) is 2.75. The molecule has 2 heterocycles. The van der Waals surface area contributed by atoms with Crippen molar-refractivity contribution in [2.75, 3.05) is 12.4 Å². The number of amides is 1. The maximum atomic E-state index is 12.2. The molecular weight excluding hydrogens is 314 g/mol. The molecule has 120 valence electrons. The molecule has 3 rings (SSSR count). The van der Waals surface area contributed by atoms with Gasteiger partial charge in [0.05, 0.1) is 10.5 Å². The van der Waals surface area contributed by atoms with Crippen molar-refractivity contribution in [2.24, 2.45) is 0 Å². The molecule has 0 unspecified atom stereocenters. The minimum absolute atomic E-state index is 0.125. The predicted octanol–water partition coefficient (Wildman–Crippen LogP) is 2.03. The average molecular weight is 331 g/mol. The van der Waals surface area contributed by atoms with Gasteiger partial charge in [-0.05, 0) is 56.8 Å². The number of hydrogen-bond acceptors (Lipinski definition) is 3. The van der Waals surface area contributed by atoms with Crippen LogP contribution in [0.5, 0.6) is 0 Å². The van der Waals surface area contributed by atoms with Crippen LogP contribution in [0.25, 0.3) is 11.6 Å².